The van der Waals surface area contributed by atoms with Crippen LogP contribution in [0.4, 0.5) is 0 Å². The van der Waals surface area contributed by atoms with Crippen molar-refractivity contribution in [3.63, 3.8) is 0 Å². The van der Waals surface area contributed by atoms with Crippen LogP contribution in [0.3, 0.4) is 0 Å². The number of halogens is 1. The molecule has 0 aromatic heterocycles. The Morgan fingerprint density at radius 1 is 1.40 bits per heavy atom. The molecule has 0 aliphatic heterocycles. The van der Waals surface area contributed by atoms with Crippen molar-refractivity contribution in [2.24, 2.45) is 0 Å². The Morgan fingerprint density at radius 3 is 2.67 bits per heavy atom. The van der Waals surface area contributed by atoms with E-state index in [-0.39, 0.29) is 18.2 Å². The molecule has 0 saturated heterocycles. The second-order valence-electron chi connectivity index (χ2n) is 3.34. The van der Waals surface area contributed by atoms with E-state index in [4.69, 9.17) is 11.6 Å². The van der Waals surface area contributed by atoms with Crippen LogP contribution in [0.1, 0.15) is 22.8 Å². The van der Waals surface area contributed by atoms with Crippen LogP contribution in [0.2, 0.25) is 5.02 Å². The highest BCUT2D eigenvalue weighted by atomic mass is 35.5. The predicted molar refractivity (Wildman–Crippen MR) is 59.2 cm³/mol. The fraction of sp³-hybridized carbons (Fsp3) is 0.273. The van der Waals surface area contributed by atoms with Crippen molar-refractivity contribution in [2.75, 3.05) is 6.54 Å². The number of ketones is 1. The van der Waals surface area contributed by atoms with Crippen LogP contribution in [0.5, 0.6) is 0 Å². The van der Waals surface area contributed by atoms with Crippen molar-refractivity contribution in [3.8, 4) is 0 Å². The molecule has 1 amide bonds. The van der Waals surface area contributed by atoms with Gasteiger partial charge in [-0.2, -0.15) is 0 Å². The van der Waals surface area contributed by atoms with Gasteiger partial charge in [0.2, 0.25) is 0 Å². The Balaban J connectivity index is 2.81. The summed E-state index contributed by atoms with van der Waals surface area (Å²) in [6.45, 7) is 3.29. The van der Waals surface area contributed by atoms with E-state index in [2.05, 4.69) is 5.32 Å². The Labute approximate surface area is 93.4 Å². The Hall–Kier alpha value is -1.35. The molecule has 4 heteroatoms. The molecule has 0 saturated carbocycles. The number of carbonyl (C=O) groups is 2. The summed E-state index contributed by atoms with van der Waals surface area (Å²) in [5.74, 6) is -0.353. The second-order valence-corrected chi connectivity index (χ2v) is 3.78. The van der Waals surface area contributed by atoms with Gasteiger partial charge in [0, 0.05) is 10.6 Å². The van der Waals surface area contributed by atoms with Gasteiger partial charge in [-0.15, -0.1) is 0 Å². The van der Waals surface area contributed by atoms with E-state index in [1.807, 2.05) is 6.92 Å². The standard InChI is InChI=1S/C11H12ClNO2/c1-7-3-4-9(12)5-10(7)11(15)13-6-8(2)14/h3-5H,6H2,1-2H3,(H,13,15). The number of hydrogen-bond donors (Lipinski definition) is 1. The van der Waals surface area contributed by atoms with Gasteiger partial charge in [-0.25, -0.2) is 0 Å². The first kappa shape index (κ1) is 11.7. The number of Topliss-reactive ketones (excluding diaryl/α,β-unsaturated/α-hetero) is 1. The first-order valence-corrected chi connectivity index (χ1v) is 4.92. The van der Waals surface area contributed by atoms with Crippen LogP contribution in [-0.4, -0.2) is 18.2 Å². The summed E-state index contributed by atoms with van der Waals surface area (Å²) in [5.41, 5.74) is 1.34. The predicted octanol–water partition coefficient (Wildman–Crippen LogP) is 1.97. The first-order chi connectivity index (χ1) is 7.00. The summed E-state index contributed by atoms with van der Waals surface area (Å²) in [6, 6.07) is 5.08. The molecule has 3 nitrogen and oxygen atoms in total. The quantitative estimate of drug-likeness (QED) is 0.855. The zero-order valence-electron chi connectivity index (χ0n) is 8.63. The highest BCUT2D eigenvalue weighted by Crippen LogP contribution is 2.14. The summed E-state index contributed by atoms with van der Waals surface area (Å²) < 4.78 is 0. The van der Waals surface area contributed by atoms with Crippen molar-refractivity contribution < 1.29 is 9.59 Å². The number of benzene rings is 1. The van der Waals surface area contributed by atoms with Crippen LogP contribution in [0.15, 0.2) is 18.2 Å². The lowest BCUT2D eigenvalue weighted by atomic mass is 10.1. The summed E-state index contributed by atoms with van der Waals surface area (Å²) in [7, 11) is 0. The molecule has 1 aromatic carbocycles. The smallest absolute Gasteiger partial charge is 0.251 e. The summed E-state index contributed by atoms with van der Waals surface area (Å²) >= 11 is 5.78. The first-order valence-electron chi connectivity index (χ1n) is 4.54. The van der Waals surface area contributed by atoms with Gasteiger partial charge in [0.15, 0.2) is 0 Å². The maximum absolute atomic E-state index is 11.6. The lowest BCUT2D eigenvalue weighted by Gasteiger charge is -2.06. The molecule has 1 N–H and O–H groups in total. The van der Waals surface area contributed by atoms with Crippen LogP contribution in [0.25, 0.3) is 0 Å². The van der Waals surface area contributed by atoms with Gasteiger partial charge in [-0.05, 0) is 31.5 Å². The van der Waals surface area contributed by atoms with E-state index in [1.54, 1.807) is 18.2 Å². The molecule has 0 aliphatic rings. The molecule has 0 unspecified atom stereocenters. The van der Waals surface area contributed by atoms with E-state index < -0.39 is 0 Å². The Kier molecular flexibility index (Phi) is 3.86. The highest BCUT2D eigenvalue weighted by Gasteiger charge is 2.09. The summed E-state index contributed by atoms with van der Waals surface area (Å²) in [6.07, 6.45) is 0. The molecule has 0 aliphatic carbocycles. The van der Waals surface area contributed by atoms with E-state index in [1.165, 1.54) is 6.92 Å². The molecule has 0 radical (unpaired) electrons. The van der Waals surface area contributed by atoms with Crippen molar-refractivity contribution in [2.45, 2.75) is 13.8 Å². The average molecular weight is 226 g/mol. The van der Waals surface area contributed by atoms with Gasteiger partial charge in [-0.1, -0.05) is 17.7 Å². The minimum atomic E-state index is -0.273. The van der Waals surface area contributed by atoms with Crippen LogP contribution in [-0.2, 0) is 4.79 Å². The number of carbonyl (C=O) groups excluding carboxylic acids is 2. The molecule has 0 spiro atoms. The molecule has 0 fully saturated rings. The Bertz CT molecular complexity index is 402. The van der Waals surface area contributed by atoms with Crippen LogP contribution >= 0.6 is 11.6 Å². The molecule has 0 heterocycles. The number of nitrogens with one attached hydrogen (secondary N) is 1. The van der Waals surface area contributed by atoms with Gasteiger partial charge < -0.3 is 5.32 Å². The molecule has 0 bridgehead atoms. The van der Waals surface area contributed by atoms with E-state index in [0.29, 0.717) is 10.6 Å². The normalized spacial score (nSPS) is 9.80. The molecular formula is C11H12ClNO2. The minimum Gasteiger partial charge on any atom is -0.345 e. The minimum absolute atomic E-state index is 0.0464. The van der Waals surface area contributed by atoms with E-state index in [9.17, 15) is 9.59 Å². The zero-order valence-corrected chi connectivity index (χ0v) is 9.39. The van der Waals surface area contributed by atoms with Crippen molar-refractivity contribution in [1.29, 1.82) is 0 Å². The summed E-state index contributed by atoms with van der Waals surface area (Å²) in [4.78, 5) is 22.3. The number of aryl methyl sites for hydroxylation is 1. The molecule has 80 valence electrons. The molecule has 1 aromatic rings. The van der Waals surface area contributed by atoms with Gasteiger partial charge in [0.25, 0.3) is 5.91 Å². The van der Waals surface area contributed by atoms with Crippen molar-refractivity contribution in [1.82, 2.24) is 5.32 Å². The van der Waals surface area contributed by atoms with Crippen molar-refractivity contribution in [3.05, 3.63) is 34.3 Å². The van der Waals surface area contributed by atoms with Gasteiger partial charge >= 0.3 is 0 Å². The monoisotopic (exact) mass is 225 g/mol. The number of amides is 1. The highest BCUT2D eigenvalue weighted by molar-refractivity contribution is 6.31. The molecule has 15 heavy (non-hydrogen) atoms. The SMILES string of the molecule is CC(=O)CNC(=O)c1cc(Cl)ccc1C. The van der Waals surface area contributed by atoms with Crippen molar-refractivity contribution >= 4 is 23.3 Å². The average Bonchev–Trinajstić information content (AvgIpc) is 2.18. The second kappa shape index (κ2) is 4.94. The third kappa shape index (κ3) is 3.36. The maximum Gasteiger partial charge on any atom is 0.251 e. The van der Waals surface area contributed by atoms with Crippen LogP contribution in [0, 0.1) is 6.92 Å². The fourth-order valence-corrected chi connectivity index (χ4v) is 1.31. The number of rotatable bonds is 3. The molecule has 0 atom stereocenters. The van der Waals surface area contributed by atoms with Gasteiger partial charge in [0.1, 0.15) is 5.78 Å². The van der Waals surface area contributed by atoms with Crippen LogP contribution < -0.4 is 5.32 Å². The maximum atomic E-state index is 11.6. The van der Waals surface area contributed by atoms with Gasteiger partial charge in [-0.3, -0.25) is 9.59 Å². The third-order valence-corrected chi connectivity index (χ3v) is 2.18. The van der Waals surface area contributed by atoms with E-state index >= 15 is 0 Å². The van der Waals surface area contributed by atoms with E-state index in [0.717, 1.165) is 5.56 Å². The summed E-state index contributed by atoms with van der Waals surface area (Å²) in [5, 5.41) is 3.03. The fourth-order valence-electron chi connectivity index (χ4n) is 1.14. The van der Waals surface area contributed by atoms with Gasteiger partial charge in [0.05, 0.1) is 6.54 Å². The third-order valence-electron chi connectivity index (χ3n) is 1.94. The zero-order chi connectivity index (χ0) is 11.4. The topological polar surface area (TPSA) is 46.2 Å². The Morgan fingerprint density at radius 2 is 2.07 bits per heavy atom. The lowest BCUT2D eigenvalue weighted by molar-refractivity contribution is -0.116. The molecular weight excluding hydrogens is 214 g/mol. The largest absolute Gasteiger partial charge is 0.345 e. The molecule has 1 rings (SSSR count). The lowest BCUT2D eigenvalue weighted by Crippen LogP contribution is -2.28. The number of hydrogen-bond acceptors (Lipinski definition) is 2.